The van der Waals surface area contributed by atoms with Gasteiger partial charge in [-0.1, -0.05) is 6.42 Å². The molecule has 4 heterocycles. The molecule has 2 N–H and O–H groups in total. The second-order valence-electron chi connectivity index (χ2n) is 9.25. The van der Waals surface area contributed by atoms with Crippen LogP contribution >= 0.6 is 0 Å². The van der Waals surface area contributed by atoms with Gasteiger partial charge >= 0.3 is 0 Å². The number of hydrogen-bond donors (Lipinski definition) is 1. The normalized spacial score (nSPS) is 21.4. The number of aromatic nitrogens is 2. The van der Waals surface area contributed by atoms with Crippen molar-refractivity contribution in [2.24, 2.45) is 12.8 Å². The Balaban J connectivity index is 1.31. The van der Waals surface area contributed by atoms with E-state index in [0.717, 1.165) is 81.2 Å². The number of amides is 1. The number of ether oxygens (including phenoxy) is 2. The van der Waals surface area contributed by atoms with Crippen molar-refractivity contribution < 1.29 is 14.3 Å². The van der Waals surface area contributed by atoms with Crippen LogP contribution in [0.3, 0.4) is 0 Å². The number of primary amides is 1. The summed E-state index contributed by atoms with van der Waals surface area (Å²) in [6.07, 6.45) is 7.25. The first-order valence-electron chi connectivity index (χ1n) is 11.7. The standard InChI is InChI=1S/C24H33N5O3/c1-27-16-19(22(26-27)18-5-6-20-21(15-18)32-14-13-31-20)17-28-11-7-24(8-12-28,23(25)30)29-9-3-2-4-10-29/h5-6,15-16H,2-4,7-14,17H2,1H3,(H2,25,30). The smallest absolute Gasteiger partial charge is 0.238 e. The highest BCUT2D eigenvalue weighted by molar-refractivity contribution is 5.85. The SMILES string of the molecule is Cn1cc(CN2CCC(C(N)=O)(N3CCCCC3)CC2)c(-c2ccc3c(c2)OCCO3)n1. The average Bonchev–Trinajstić information content (AvgIpc) is 3.19. The molecule has 0 radical (unpaired) electrons. The van der Waals surface area contributed by atoms with Crippen molar-refractivity contribution in [2.75, 3.05) is 39.4 Å². The average molecular weight is 440 g/mol. The van der Waals surface area contributed by atoms with Crippen LogP contribution in [0.15, 0.2) is 24.4 Å². The third-order valence-electron chi connectivity index (χ3n) is 7.22. The van der Waals surface area contributed by atoms with Crippen LogP contribution in [-0.4, -0.2) is 70.4 Å². The Labute approximate surface area is 189 Å². The highest BCUT2D eigenvalue weighted by Gasteiger charge is 2.45. The van der Waals surface area contributed by atoms with E-state index in [2.05, 4.69) is 16.0 Å². The molecule has 32 heavy (non-hydrogen) atoms. The lowest BCUT2D eigenvalue weighted by Crippen LogP contribution is -2.63. The number of carbonyl (C=O) groups is 1. The van der Waals surface area contributed by atoms with Gasteiger partial charge in [0, 0.05) is 44.0 Å². The van der Waals surface area contributed by atoms with E-state index in [9.17, 15) is 4.79 Å². The molecule has 0 atom stereocenters. The molecule has 1 aromatic carbocycles. The molecule has 2 saturated heterocycles. The lowest BCUT2D eigenvalue weighted by molar-refractivity contribution is -0.135. The highest BCUT2D eigenvalue weighted by Crippen LogP contribution is 2.36. The van der Waals surface area contributed by atoms with Crippen LogP contribution in [-0.2, 0) is 18.4 Å². The van der Waals surface area contributed by atoms with Gasteiger partial charge in [0.05, 0.1) is 5.69 Å². The highest BCUT2D eigenvalue weighted by atomic mass is 16.6. The fraction of sp³-hybridized carbons (Fsp3) is 0.583. The Hall–Kier alpha value is -2.58. The van der Waals surface area contributed by atoms with E-state index in [1.54, 1.807) is 0 Å². The number of hydrogen-bond acceptors (Lipinski definition) is 6. The van der Waals surface area contributed by atoms with Crippen LogP contribution in [0.4, 0.5) is 0 Å². The molecular weight excluding hydrogens is 406 g/mol. The van der Waals surface area contributed by atoms with Crippen LogP contribution in [0.1, 0.15) is 37.7 Å². The summed E-state index contributed by atoms with van der Waals surface area (Å²) >= 11 is 0. The van der Waals surface area contributed by atoms with E-state index < -0.39 is 5.54 Å². The molecule has 2 aromatic rings. The van der Waals surface area contributed by atoms with Gasteiger partial charge in [-0.25, -0.2) is 0 Å². The Bertz CT molecular complexity index is 974. The molecule has 0 bridgehead atoms. The van der Waals surface area contributed by atoms with Gasteiger partial charge in [0.25, 0.3) is 0 Å². The Morgan fingerprint density at radius 2 is 1.78 bits per heavy atom. The van der Waals surface area contributed by atoms with E-state index in [-0.39, 0.29) is 5.91 Å². The predicted octanol–water partition coefficient (Wildman–Crippen LogP) is 2.16. The van der Waals surface area contributed by atoms with Crippen molar-refractivity contribution in [2.45, 2.75) is 44.2 Å². The maximum absolute atomic E-state index is 12.5. The largest absolute Gasteiger partial charge is 0.486 e. The summed E-state index contributed by atoms with van der Waals surface area (Å²) < 4.78 is 13.3. The third-order valence-corrected chi connectivity index (χ3v) is 7.22. The number of fused-ring (bicyclic) bond motifs is 1. The minimum Gasteiger partial charge on any atom is -0.486 e. The maximum Gasteiger partial charge on any atom is 0.238 e. The first kappa shape index (κ1) is 21.3. The molecule has 2 fully saturated rings. The van der Waals surface area contributed by atoms with Gasteiger partial charge in [0.2, 0.25) is 5.91 Å². The van der Waals surface area contributed by atoms with Crippen molar-refractivity contribution in [1.29, 1.82) is 0 Å². The summed E-state index contributed by atoms with van der Waals surface area (Å²) in [7, 11) is 1.95. The van der Waals surface area contributed by atoms with Crippen LogP contribution < -0.4 is 15.2 Å². The van der Waals surface area contributed by atoms with Crippen molar-refractivity contribution >= 4 is 5.91 Å². The Morgan fingerprint density at radius 1 is 1.06 bits per heavy atom. The lowest BCUT2D eigenvalue weighted by atomic mass is 9.83. The molecule has 1 aromatic heterocycles. The minimum atomic E-state index is -0.482. The Kier molecular flexibility index (Phi) is 5.82. The molecule has 0 spiro atoms. The molecular formula is C24H33N5O3. The van der Waals surface area contributed by atoms with E-state index in [0.29, 0.717) is 13.2 Å². The summed E-state index contributed by atoms with van der Waals surface area (Å²) in [5.74, 6) is 1.41. The van der Waals surface area contributed by atoms with E-state index >= 15 is 0 Å². The molecule has 3 aliphatic rings. The number of carbonyl (C=O) groups excluding carboxylic acids is 1. The zero-order chi connectivity index (χ0) is 22.1. The topological polar surface area (TPSA) is 85.9 Å². The quantitative estimate of drug-likeness (QED) is 0.769. The minimum absolute atomic E-state index is 0.155. The van der Waals surface area contributed by atoms with E-state index in [1.165, 1.54) is 12.0 Å². The predicted molar refractivity (Wildman–Crippen MR) is 121 cm³/mol. The number of nitrogens with two attached hydrogens (primary N) is 1. The van der Waals surface area contributed by atoms with E-state index in [4.69, 9.17) is 20.3 Å². The monoisotopic (exact) mass is 439 g/mol. The molecule has 0 saturated carbocycles. The molecule has 8 nitrogen and oxygen atoms in total. The summed E-state index contributed by atoms with van der Waals surface area (Å²) in [5, 5.41) is 4.74. The number of aryl methyl sites for hydroxylation is 1. The van der Waals surface area contributed by atoms with Gasteiger partial charge in [-0.05, 0) is 57.0 Å². The van der Waals surface area contributed by atoms with Gasteiger partial charge in [0.15, 0.2) is 11.5 Å². The number of rotatable bonds is 5. The number of nitrogens with zero attached hydrogens (tertiary/aromatic N) is 4. The summed E-state index contributed by atoms with van der Waals surface area (Å²) in [5.41, 5.74) is 8.64. The van der Waals surface area contributed by atoms with Gasteiger partial charge in [-0.2, -0.15) is 5.10 Å². The number of benzene rings is 1. The van der Waals surface area contributed by atoms with Crippen molar-refractivity contribution in [1.82, 2.24) is 19.6 Å². The van der Waals surface area contributed by atoms with Gasteiger partial charge < -0.3 is 15.2 Å². The van der Waals surface area contributed by atoms with E-state index in [1.807, 2.05) is 29.9 Å². The molecule has 0 unspecified atom stereocenters. The maximum atomic E-state index is 12.5. The van der Waals surface area contributed by atoms with Crippen molar-refractivity contribution in [3.05, 3.63) is 30.0 Å². The van der Waals surface area contributed by atoms with Crippen molar-refractivity contribution in [3.8, 4) is 22.8 Å². The van der Waals surface area contributed by atoms with Crippen LogP contribution in [0.2, 0.25) is 0 Å². The molecule has 172 valence electrons. The van der Waals surface area contributed by atoms with Crippen molar-refractivity contribution in [3.63, 3.8) is 0 Å². The number of piperidine rings is 2. The molecule has 3 aliphatic heterocycles. The summed E-state index contributed by atoms with van der Waals surface area (Å²) in [6.45, 7) is 5.63. The van der Waals surface area contributed by atoms with Gasteiger partial charge in [-0.15, -0.1) is 0 Å². The molecule has 5 rings (SSSR count). The van der Waals surface area contributed by atoms with Crippen LogP contribution in [0.25, 0.3) is 11.3 Å². The van der Waals surface area contributed by atoms with Gasteiger partial charge in [0.1, 0.15) is 18.8 Å². The van der Waals surface area contributed by atoms with Gasteiger partial charge in [-0.3, -0.25) is 19.3 Å². The second-order valence-corrected chi connectivity index (χ2v) is 9.25. The first-order chi connectivity index (χ1) is 15.5. The molecule has 1 amide bonds. The fourth-order valence-electron chi connectivity index (χ4n) is 5.45. The van der Waals surface area contributed by atoms with Crippen LogP contribution in [0.5, 0.6) is 11.5 Å². The second kappa shape index (κ2) is 8.75. The zero-order valence-corrected chi connectivity index (χ0v) is 18.9. The Morgan fingerprint density at radius 3 is 2.50 bits per heavy atom. The number of likely N-dealkylation sites (tertiary alicyclic amines) is 2. The molecule has 8 heteroatoms. The summed E-state index contributed by atoms with van der Waals surface area (Å²) in [6, 6.07) is 6.03. The third kappa shape index (κ3) is 3.97. The first-order valence-corrected chi connectivity index (χ1v) is 11.7. The fourth-order valence-corrected chi connectivity index (χ4v) is 5.45. The molecule has 0 aliphatic carbocycles. The summed E-state index contributed by atoms with van der Waals surface area (Å²) in [4.78, 5) is 17.3. The lowest BCUT2D eigenvalue weighted by Gasteiger charge is -2.48. The van der Waals surface area contributed by atoms with Crippen LogP contribution in [0, 0.1) is 0 Å². The zero-order valence-electron chi connectivity index (χ0n) is 18.9.